The van der Waals surface area contributed by atoms with Gasteiger partial charge in [-0.3, -0.25) is 0 Å². The van der Waals surface area contributed by atoms with E-state index in [0.29, 0.717) is 19.4 Å². The zero-order chi connectivity index (χ0) is 14.3. The fraction of sp³-hybridized carbons (Fsp3) is 0.231. The van der Waals surface area contributed by atoms with Gasteiger partial charge in [-0.05, 0) is 18.6 Å². The van der Waals surface area contributed by atoms with Crippen LogP contribution < -0.4 is 10.6 Å². The van der Waals surface area contributed by atoms with Crippen LogP contribution in [0.1, 0.15) is 23.2 Å². The molecule has 100 valence electrons. The molecule has 0 saturated carbocycles. The Balaban J connectivity index is 2.62. The molecule has 19 heavy (non-hydrogen) atoms. The number of carbonyl (C=O) groups excluding carboxylic acids is 1. The van der Waals surface area contributed by atoms with Crippen molar-refractivity contribution in [2.75, 3.05) is 11.9 Å². The minimum Gasteiger partial charge on any atom is -0.505 e. The third-order valence-electron chi connectivity index (χ3n) is 2.30. The summed E-state index contributed by atoms with van der Waals surface area (Å²) in [5.41, 5.74) is -0.237. The van der Waals surface area contributed by atoms with Gasteiger partial charge in [0.2, 0.25) is 0 Å². The van der Waals surface area contributed by atoms with Crippen molar-refractivity contribution in [3.63, 3.8) is 0 Å². The molecule has 6 heteroatoms. The van der Waals surface area contributed by atoms with Crippen molar-refractivity contribution >= 4 is 17.7 Å². The number of anilines is 1. The highest BCUT2D eigenvalue weighted by atomic mass is 16.4. The Morgan fingerprint density at radius 3 is 2.74 bits per heavy atom. The van der Waals surface area contributed by atoms with Gasteiger partial charge in [-0.15, -0.1) is 12.3 Å². The van der Waals surface area contributed by atoms with Gasteiger partial charge in [-0.25, -0.2) is 9.59 Å². The monoisotopic (exact) mass is 262 g/mol. The number of benzene rings is 1. The molecule has 0 atom stereocenters. The van der Waals surface area contributed by atoms with Crippen LogP contribution >= 0.6 is 0 Å². The topological polar surface area (TPSA) is 98.7 Å². The van der Waals surface area contributed by atoms with Gasteiger partial charge in [0.15, 0.2) is 5.75 Å². The molecule has 6 nitrogen and oxygen atoms in total. The highest BCUT2D eigenvalue weighted by Crippen LogP contribution is 2.27. The Hall–Kier alpha value is -2.68. The lowest BCUT2D eigenvalue weighted by atomic mass is 10.1. The van der Waals surface area contributed by atoms with Gasteiger partial charge in [0.05, 0.1) is 5.69 Å². The SMILES string of the molecule is C#CCCCNC(=O)Nc1cccc(C(=O)O)c1O. The number of carboxylic acids is 1. The summed E-state index contributed by atoms with van der Waals surface area (Å²) in [6.07, 6.45) is 6.27. The first kappa shape index (κ1) is 14.4. The van der Waals surface area contributed by atoms with Crippen molar-refractivity contribution in [1.82, 2.24) is 5.32 Å². The number of urea groups is 1. The van der Waals surface area contributed by atoms with Crippen molar-refractivity contribution < 1.29 is 19.8 Å². The van der Waals surface area contributed by atoms with Crippen LogP contribution in [-0.4, -0.2) is 28.8 Å². The van der Waals surface area contributed by atoms with Gasteiger partial charge >= 0.3 is 12.0 Å². The quantitative estimate of drug-likeness (QED) is 0.368. The minimum absolute atomic E-state index is 0.0364. The predicted molar refractivity (Wildman–Crippen MR) is 70.2 cm³/mol. The van der Waals surface area contributed by atoms with Crippen LogP contribution in [0.4, 0.5) is 10.5 Å². The maximum Gasteiger partial charge on any atom is 0.339 e. The van der Waals surface area contributed by atoms with Gasteiger partial charge in [-0.1, -0.05) is 6.07 Å². The predicted octanol–water partition coefficient (Wildman–Crippen LogP) is 1.63. The maximum atomic E-state index is 11.5. The van der Waals surface area contributed by atoms with Crippen LogP contribution in [-0.2, 0) is 0 Å². The molecule has 0 aromatic heterocycles. The molecule has 0 aliphatic rings. The summed E-state index contributed by atoms with van der Waals surface area (Å²) in [7, 11) is 0. The first-order valence-electron chi connectivity index (χ1n) is 5.60. The normalized spacial score (nSPS) is 9.42. The van der Waals surface area contributed by atoms with Crippen LogP contribution in [0.3, 0.4) is 0 Å². The lowest BCUT2D eigenvalue weighted by Crippen LogP contribution is -2.29. The fourth-order valence-electron chi connectivity index (χ4n) is 1.38. The molecular formula is C13H14N2O4. The summed E-state index contributed by atoms with van der Waals surface area (Å²) in [6.45, 7) is 0.398. The summed E-state index contributed by atoms with van der Waals surface area (Å²) in [5.74, 6) is 0.697. The van der Waals surface area contributed by atoms with E-state index in [2.05, 4.69) is 16.6 Å². The number of nitrogens with one attached hydrogen (secondary N) is 2. The lowest BCUT2D eigenvalue weighted by molar-refractivity contribution is 0.0694. The number of para-hydroxylation sites is 1. The molecule has 0 heterocycles. The Labute approximate surface area is 110 Å². The molecule has 0 saturated heterocycles. The van der Waals surface area contributed by atoms with Crippen molar-refractivity contribution in [1.29, 1.82) is 0 Å². The van der Waals surface area contributed by atoms with Crippen LogP contribution in [0.5, 0.6) is 5.75 Å². The third-order valence-corrected chi connectivity index (χ3v) is 2.30. The number of hydrogen-bond donors (Lipinski definition) is 4. The molecule has 0 aliphatic heterocycles. The Kier molecular flexibility index (Phi) is 5.23. The lowest BCUT2D eigenvalue weighted by Gasteiger charge is -2.09. The second-order valence-corrected chi connectivity index (χ2v) is 3.70. The van der Waals surface area contributed by atoms with Crippen molar-refractivity contribution in [3.8, 4) is 18.1 Å². The van der Waals surface area contributed by atoms with Crippen molar-refractivity contribution in [2.24, 2.45) is 0 Å². The first-order chi connectivity index (χ1) is 9.06. The second kappa shape index (κ2) is 6.91. The van der Waals surface area contributed by atoms with E-state index in [1.807, 2.05) is 0 Å². The molecule has 0 spiro atoms. The van der Waals surface area contributed by atoms with E-state index in [4.69, 9.17) is 11.5 Å². The number of carbonyl (C=O) groups is 2. The van der Waals surface area contributed by atoms with Gasteiger partial charge in [0.25, 0.3) is 0 Å². The van der Waals surface area contributed by atoms with Crippen LogP contribution in [0, 0.1) is 12.3 Å². The highest BCUT2D eigenvalue weighted by Gasteiger charge is 2.14. The van der Waals surface area contributed by atoms with Crippen LogP contribution in [0.2, 0.25) is 0 Å². The molecule has 0 aliphatic carbocycles. The average Bonchev–Trinajstić information content (AvgIpc) is 2.37. The maximum absolute atomic E-state index is 11.5. The van der Waals surface area contributed by atoms with Gasteiger partial charge in [0.1, 0.15) is 5.56 Å². The minimum atomic E-state index is -1.27. The van der Waals surface area contributed by atoms with Crippen LogP contribution in [0.15, 0.2) is 18.2 Å². The van der Waals surface area contributed by atoms with Gasteiger partial charge < -0.3 is 20.8 Å². The summed E-state index contributed by atoms with van der Waals surface area (Å²) < 4.78 is 0. The molecule has 4 N–H and O–H groups in total. The van der Waals surface area contributed by atoms with Crippen molar-refractivity contribution in [3.05, 3.63) is 23.8 Å². The van der Waals surface area contributed by atoms with Gasteiger partial charge in [0, 0.05) is 13.0 Å². The largest absolute Gasteiger partial charge is 0.505 e. The number of rotatable bonds is 5. The first-order valence-corrected chi connectivity index (χ1v) is 5.60. The number of carboxylic acid groups (broad SMARTS) is 1. The molecule has 0 unspecified atom stereocenters. The smallest absolute Gasteiger partial charge is 0.339 e. The standard InChI is InChI=1S/C13H14N2O4/c1-2-3-4-8-14-13(19)15-10-7-5-6-9(11(10)16)12(17)18/h1,5-7,16H,3-4,8H2,(H,17,18)(H2,14,15,19). The number of aromatic hydroxyl groups is 1. The van der Waals surface area contributed by atoms with E-state index in [-0.39, 0.29) is 11.3 Å². The summed E-state index contributed by atoms with van der Waals surface area (Å²) in [6, 6.07) is 3.54. The molecule has 2 amide bonds. The van der Waals surface area contributed by atoms with E-state index >= 15 is 0 Å². The highest BCUT2D eigenvalue weighted by molar-refractivity contribution is 5.97. The van der Waals surface area contributed by atoms with E-state index in [1.165, 1.54) is 18.2 Å². The number of terminal acetylenes is 1. The average molecular weight is 262 g/mol. The zero-order valence-electron chi connectivity index (χ0n) is 10.1. The number of aromatic carboxylic acids is 1. The third kappa shape index (κ3) is 4.24. The molecule has 0 fully saturated rings. The zero-order valence-corrected chi connectivity index (χ0v) is 10.1. The Bertz CT molecular complexity index is 520. The summed E-state index contributed by atoms with van der Waals surface area (Å²) in [4.78, 5) is 22.3. The number of amides is 2. The van der Waals surface area contributed by atoms with E-state index < -0.39 is 17.7 Å². The molecule has 0 bridgehead atoms. The molecule has 1 aromatic rings. The molecule has 1 rings (SSSR count). The number of hydrogen-bond acceptors (Lipinski definition) is 3. The molecular weight excluding hydrogens is 248 g/mol. The number of unbranched alkanes of at least 4 members (excludes halogenated alkanes) is 1. The van der Waals surface area contributed by atoms with E-state index in [0.717, 1.165) is 0 Å². The second-order valence-electron chi connectivity index (χ2n) is 3.70. The molecule has 0 radical (unpaired) electrons. The van der Waals surface area contributed by atoms with Crippen LogP contribution in [0.25, 0.3) is 0 Å². The molecule has 1 aromatic carbocycles. The van der Waals surface area contributed by atoms with Gasteiger partial charge in [-0.2, -0.15) is 0 Å². The fourth-order valence-corrected chi connectivity index (χ4v) is 1.38. The summed E-state index contributed by atoms with van der Waals surface area (Å²) >= 11 is 0. The Morgan fingerprint density at radius 2 is 2.11 bits per heavy atom. The van der Waals surface area contributed by atoms with E-state index in [1.54, 1.807) is 0 Å². The summed E-state index contributed by atoms with van der Waals surface area (Å²) in [5, 5.41) is 23.4. The number of phenols is 1. The van der Waals surface area contributed by atoms with Crippen molar-refractivity contribution in [2.45, 2.75) is 12.8 Å². The van der Waals surface area contributed by atoms with E-state index in [9.17, 15) is 14.7 Å². The Morgan fingerprint density at radius 1 is 1.37 bits per heavy atom.